The fourth-order valence-corrected chi connectivity index (χ4v) is 3.50. The van der Waals surface area contributed by atoms with Gasteiger partial charge in [-0.3, -0.25) is 67.1 Å². The fraction of sp³-hybridized carbons (Fsp3) is 0.731. The van der Waals surface area contributed by atoms with Crippen LogP contribution in [-0.4, -0.2) is 303 Å². The number of rotatable bonds is 27. The molecule has 0 rings (SSSR count). The standard InChI is InChI=1S/2C9H14O6.C7H12O5.3C5H10O4.C4H8O4.C3H8O3.2C2H4O2.CH4/c2*1-6(10)13-4-9(15-8(3)12)5-14-7(2)11;1-5(9)11-4-7(3-8)12-6(2)10;3*1-4(8)9-5(2-6)3-7;1-3(6)8-4(7)2-5;4-1-3(6)2-5;2*1-2(3)4;/h2*9H,4-5H2,1-3H3;7-8H,3-4H2,1-2H3;3*5-7H,2-3H2,1H3;4-5,7H,2H2,1H3;3-6H,1-2H2;2*1H3,(H,3,4);1H4. The second-order valence-electron chi connectivity index (χ2n) is 16.0. The normalized spacial score (nSPS) is 9.87. The van der Waals surface area contributed by atoms with E-state index in [0.29, 0.717) is 0 Å². The van der Waals surface area contributed by atoms with Crippen molar-refractivity contribution >= 4 is 83.6 Å². The minimum Gasteiger partial charge on any atom is -0.481 e. The molecular weight excluding hydrogens is 1260 g/mol. The van der Waals surface area contributed by atoms with Crippen LogP contribution in [-0.2, 0) is 124 Å². The van der Waals surface area contributed by atoms with Gasteiger partial charge in [0.2, 0.25) is 6.29 Å². The zero-order chi connectivity index (χ0) is 73.8. The largest absolute Gasteiger partial charge is 0.481 e. The fourth-order valence-electron chi connectivity index (χ4n) is 3.50. The number of carboxylic acids is 2. The Morgan fingerprint density at radius 3 is 0.489 bits per heavy atom. The average Bonchev–Trinajstić information content (AvgIpc) is 3.57. The van der Waals surface area contributed by atoms with Crippen LogP contribution >= 0.6 is 0 Å². The molecule has 0 saturated heterocycles. The van der Waals surface area contributed by atoms with Gasteiger partial charge in [-0.1, -0.05) is 7.43 Å². The van der Waals surface area contributed by atoms with Crippen LogP contribution in [0, 0.1) is 0 Å². The van der Waals surface area contributed by atoms with E-state index in [1.807, 2.05) is 0 Å². The highest BCUT2D eigenvalue weighted by molar-refractivity contribution is 5.70. The molecule has 0 amide bonds. The summed E-state index contributed by atoms with van der Waals surface area (Å²) in [4.78, 5) is 142. The summed E-state index contributed by atoms with van der Waals surface area (Å²) >= 11 is 0. The minimum atomic E-state index is -1.37. The van der Waals surface area contributed by atoms with E-state index in [9.17, 15) is 57.5 Å². The number of aliphatic hydroxyl groups is 12. The third kappa shape index (κ3) is 127. The summed E-state index contributed by atoms with van der Waals surface area (Å²) in [5, 5.41) is 114. The number of aliphatic carboxylic acids is 2. The molecule has 0 aliphatic carbocycles. The first kappa shape index (κ1) is 109. The van der Waals surface area contributed by atoms with Gasteiger partial charge in [0, 0.05) is 96.9 Å². The summed E-state index contributed by atoms with van der Waals surface area (Å²) in [6.45, 7) is 12.5. The number of esters is 12. The second-order valence-corrected chi connectivity index (χ2v) is 16.0. The van der Waals surface area contributed by atoms with E-state index in [0.717, 1.165) is 20.8 Å². The number of hydrogen-bond acceptors (Lipinski definition) is 38. The number of carbonyl (C=O) groups is 14. The predicted octanol–water partition coefficient (Wildman–Crippen LogP) is -5.72. The van der Waals surface area contributed by atoms with Crippen LogP contribution < -0.4 is 0 Å². The number of aliphatic hydroxyl groups excluding tert-OH is 12. The molecule has 0 aromatic rings. The molecule has 0 aromatic heterocycles. The lowest BCUT2D eigenvalue weighted by Gasteiger charge is -2.15. The smallest absolute Gasteiger partial charge is 0.305 e. The molecule has 2 atom stereocenters. The van der Waals surface area contributed by atoms with Gasteiger partial charge in [0.05, 0.1) is 59.5 Å². The van der Waals surface area contributed by atoms with Crippen LogP contribution in [0.15, 0.2) is 0 Å². The molecule has 0 aliphatic rings. The highest BCUT2D eigenvalue weighted by atomic mass is 16.7. The van der Waals surface area contributed by atoms with E-state index < -0.39 is 139 Å². The number of carboxylic acid groups (broad SMARTS) is 2. The third-order valence-corrected chi connectivity index (χ3v) is 6.66. The molecule has 0 fully saturated rings. The van der Waals surface area contributed by atoms with Crippen molar-refractivity contribution in [1.29, 1.82) is 0 Å². The lowest BCUT2D eigenvalue weighted by molar-refractivity contribution is -0.171. The zero-order valence-corrected chi connectivity index (χ0v) is 53.1. The lowest BCUT2D eigenvalue weighted by Crippen LogP contribution is -2.29. The SMILES string of the molecule is C.CC(=O)O.CC(=O)O.CC(=O)OC(CO)CO.CC(=O)OC(CO)CO.CC(=O)OC(CO)CO.CC(=O)OC(O)CO.CC(=O)OCC(CO)OC(C)=O.CC(=O)OCC(COC(C)=O)OC(C)=O.CC(=O)OCC(COC(C)=O)OC(C)=O.OCC(O)CO. The molecule has 40 nitrogen and oxygen atoms in total. The third-order valence-electron chi connectivity index (χ3n) is 6.66. The average molecular weight is 1360 g/mol. The van der Waals surface area contributed by atoms with E-state index in [1.165, 1.54) is 76.2 Å². The Bertz CT molecular complexity index is 1760. The van der Waals surface area contributed by atoms with Crippen LogP contribution in [0.4, 0.5) is 0 Å². The van der Waals surface area contributed by atoms with Gasteiger partial charge in [-0.2, -0.15) is 0 Å². The molecule has 0 aromatic carbocycles. The number of hydrogen-bond donors (Lipinski definition) is 14. The molecule has 2 unspecified atom stereocenters. The van der Waals surface area contributed by atoms with E-state index >= 15 is 0 Å². The summed E-state index contributed by atoms with van der Waals surface area (Å²) in [7, 11) is 0. The van der Waals surface area contributed by atoms with Crippen molar-refractivity contribution in [2.75, 3.05) is 99.1 Å². The summed E-state index contributed by atoms with van der Waals surface area (Å²) in [5.41, 5.74) is 0. The molecule has 0 saturated carbocycles. The van der Waals surface area contributed by atoms with Gasteiger partial charge in [0.1, 0.15) is 64.1 Å². The minimum absolute atomic E-state index is 0. The molecule has 0 aliphatic heterocycles. The molecular formula is C52H98O40. The molecule has 0 bridgehead atoms. The van der Waals surface area contributed by atoms with Gasteiger partial charge < -0.3 is 128 Å². The first-order chi connectivity index (χ1) is 41.9. The predicted molar refractivity (Wildman–Crippen MR) is 304 cm³/mol. The Hall–Kier alpha value is -7.90. The van der Waals surface area contributed by atoms with Crippen molar-refractivity contribution in [1.82, 2.24) is 0 Å². The first-order valence-corrected chi connectivity index (χ1v) is 25.7. The van der Waals surface area contributed by atoms with Crippen LogP contribution in [0.3, 0.4) is 0 Å². The highest BCUT2D eigenvalue weighted by Gasteiger charge is 2.17. The summed E-state index contributed by atoms with van der Waals surface area (Å²) in [6, 6.07) is 0. The Morgan fingerprint density at radius 2 is 0.391 bits per heavy atom. The second kappa shape index (κ2) is 77.3. The molecule has 0 heterocycles. The molecule has 546 valence electrons. The van der Waals surface area contributed by atoms with Crippen LogP contribution in [0.25, 0.3) is 0 Å². The summed E-state index contributed by atoms with van der Waals surface area (Å²) in [5.74, 6) is -7.77. The van der Waals surface area contributed by atoms with Crippen LogP contribution in [0.2, 0.25) is 0 Å². The number of carbonyl (C=O) groups excluding carboxylic acids is 12. The van der Waals surface area contributed by atoms with Crippen molar-refractivity contribution in [2.45, 2.75) is 153 Å². The van der Waals surface area contributed by atoms with Crippen molar-refractivity contribution in [3.63, 3.8) is 0 Å². The Balaban J connectivity index is -0.0000000900. The zero-order valence-electron chi connectivity index (χ0n) is 53.1. The quantitative estimate of drug-likeness (QED) is 0.0207. The topological polar surface area (TPSA) is 633 Å². The van der Waals surface area contributed by atoms with Crippen LogP contribution in [0.5, 0.6) is 0 Å². The van der Waals surface area contributed by atoms with E-state index in [2.05, 4.69) is 47.4 Å². The van der Waals surface area contributed by atoms with Crippen molar-refractivity contribution in [3.8, 4) is 0 Å². The van der Waals surface area contributed by atoms with E-state index in [-0.39, 0.29) is 99.9 Å². The maximum Gasteiger partial charge on any atom is 0.305 e. The van der Waals surface area contributed by atoms with Crippen molar-refractivity contribution < 1.29 is 195 Å². The molecule has 0 radical (unpaired) electrons. The maximum absolute atomic E-state index is 10.6. The number of ether oxygens (including phenoxy) is 12. The molecule has 92 heavy (non-hydrogen) atoms. The van der Waals surface area contributed by atoms with Gasteiger partial charge in [-0.05, 0) is 0 Å². The van der Waals surface area contributed by atoms with Gasteiger partial charge >= 0.3 is 71.6 Å². The van der Waals surface area contributed by atoms with Gasteiger partial charge in [-0.15, -0.1) is 0 Å². The lowest BCUT2D eigenvalue weighted by atomic mass is 10.4. The Labute approximate surface area is 530 Å². The monoisotopic (exact) mass is 1360 g/mol. The van der Waals surface area contributed by atoms with Gasteiger partial charge in [-0.25, -0.2) is 0 Å². The highest BCUT2D eigenvalue weighted by Crippen LogP contribution is 1.99. The molecule has 40 heteroatoms. The first-order valence-electron chi connectivity index (χ1n) is 25.7. The molecule has 0 spiro atoms. The van der Waals surface area contributed by atoms with Crippen molar-refractivity contribution in [3.05, 3.63) is 0 Å². The Kier molecular flexibility index (Phi) is 91.4. The molecule has 14 N–H and O–H groups in total. The summed E-state index contributed by atoms with van der Waals surface area (Å²) in [6.07, 6.45) is -6.87. The van der Waals surface area contributed by atoms with Gasteiger partial charge in [0.15, 0.2) is 18.3 Å². The summed E-state index contributed by atoms with van der Waals surface area (Å²) < 4.78 is 54.4. The van der Waals surface area contributed by atoms with Gasteiger partial charge in [0.25, 0.3) is 11.9 Å². The Morgan fingerprint density at radius 1 is 0.239 bits per heavy atom. The van der Waals surface area contributed by atoms with E-state index in [1.54, 1.807) is 0 Å². The van der Waals surface area contributed by atoms with Crippen molar-refractivity contribution in [2.24, 2.45) is 0 Å². The maximum atomic E-state index is 10.6. The van der Waals surface area contributed by atoms with Crippen LogP contribution in [0.1, 0.15) is 104 Å². The van der Waals surface area contributed by atoms with E-state index in [4.69, 9.17) is 90.6 Å².